The van der Waals surface area contributed by atoms with Gasteiger partial charge < -0.3 is 10.6 Å². The van der Waals surface area contributed by atoms with Crippen molar-refractivity contribution in [3.8, 4) is 0 Å². The number of allylic oxidation sites excluding steroid dienone is 1. The molecule has 1 fully saturated rings. The number of benzene rings is 1. The minimum atomic E-state index is -0.371. The van der Waals surface area contributed by atoms with Gasteiger partial charge in [-0.05, 0) is 49.8 Å². The van der Waals surface area contributed by atoms with E-state index in [-0.39, 0.29) is 30.9 Å². The minimum Gasteiger partial charge on any atom is -0.352 e. The molecule has 6 heteroatoms. The first kappa shape index (κ1) is 17.2. The average Bonchev–Trinajstić information content (AvgIpc) is 2.95. The molecule has 0 unspecified atom stereocenters. The molecule has 2 N–H and O–H groups in total. The molecule has 0 saturated carbocycles. The summed E-state index contributed by atoms with van der Waals surface area (Å²) in [6.45, 7) is 0.922. The van der Waals surface area contributed by atoms with Crippen LogP contribution in [0.15, 0.2) is 35.9 Å². The van der Waals surface area contributed by atoms with E-state index in [1.165, 1.54) is 23.3 Å². The van der Waals surface area contributed by atoms with Crippen molar-refractivity contribution in [2.24, 2.45) is 0 Å². The first-order chi connectivity index (χ1) is 12.1. The third-order valence-corrected chi connectivity index (χ3v) is 4.61. The first-order valence-corrected chi connectivity index (χ1v) is 8.77. The van der Waals surface area contributed by atoms with Crippen LogP contribution < -0.4 is 10.6 Å². The van der Waals surface area contributed by atoms with Crippen molar-refractivity contribution in [3.63, 3.8) is 0 Å². The molecule has 0 atom stereocenters. The van der Waals surface area contributed by atoms with Crippen molar-refractivity contribution < 1.29 is 14.4 Å². The Kier molecular flexibility index (Phi) is 5.48. The number of hydrogen-bond donors (Lipinski definition) is 2. The molecular formula is C19H23N3O3. The van der Waals surface area contributed by atoms with Crippen molar-refractivity contribution in [1.29, 1.82) is 0 Å². The molecule has 6 nitrogen and oxygen atoms in total. The Morgan fingerprint density at radius 1 is 1.16 bits per heavy atom. The molecule has 1 aliphatic heterocycles. The van der Waals surface area contributed by atoms with Gasteiger partial charge in [0.25, 0.3) is 5.91 Å². The van der Waals surface area contributed by atoms with Crippen LogP contribution in [0.1, 0.15) is 48.0 Å². The van der Waals surface area contributed by atoms with Crippen LogP contribution in [0.3, 0.4) is 0 Å². The number of urea groups is 1. The summed E-state index contributed by atoms with van der Waals surface area (Å²) in [5.41, 5.74) is 2.84. The van der Waals surface area contributed by atoms with Crippen molar-refractivity contribution in [2.45, 2.75) is 38.6 Å². The number of amides is 4. The second-order valence-electron chi connectivity index (χ2n) is 6.45. The molecule has 4 amide bonds. The molecule has 1 aliphatic carbocycles. The molecule has 25 heavy (non-hydrogen) atoms. The second kappa shape index (κ2) is 7.96. The van der Waals surface area contributed by atoms with Gasteiger partial charge in [0.2, 0.25) is 5.91 Å². The van der Waals surface area contributed by atoms with E-state index in [1.807, 2.05) is 0 Å². The second-order valence-corrected chi connectivity index (χ2v) is 6.45. The van der Waals surface area contributed by atoms with E-state index in [0.29, 0.717) is 12.1 Å². The highest BCUT2D eigenvalue weighted by atomic mass is 16.2. The fourth-order valence-electron chi connectivity index (χ4n) is 3.13. The van der Waals surface area contributed by atoms with E-state index >= 15 is 0 Å². The Morgan fingerprint density at radius 3 is 2.60 bits per heavy atom. The lowest BCUT2D eigenvalue weighted by molar-refractivity contribution is -0.125. The van der Waals surface area contributed by atoms with Crippen molar-refractivity contribution in [1.82, 2.24) is 15.5 Å². The largest absolute Gasteiger partial charge is 0.352 e. The number of rotatable bonds is 6. The van der Waals surface area contributed by atoms with Gasteiger partial charge in [-0.1, -0.05) is 23.8 Å². The highest BCUT2D eigenvalue weighted by molar-refractivity contribution is 6.01. The Balaban J connectivity index is 1.49. The van der Waals surface area contributed by atoms with Gasteiger partial charge in [0, 0.05) is 12.1 Å². The summed E-state index contributed by atoms with van der Waals surface area (Å²) in [5, 5.41) is 5.43. The summed E-state index contributed by atoms with van der Waals surface area (Å²) in [4.78, 5) is 36.5. The van der Waals surface area contributed by atoms with E-state index in [1.54, 1.807) is 24.3 Å². The summed E-state index contributed by atoms with van der Waals surface area (Å²) in [6.07, 6.45) is 8.03. The summed E-state index contributed by atoms with van der Waals surface area (Å²) in [6, 6.07) is 6.63. The molecule has 1 aromatic carbocycles. The molecule has 0 spiro atoms. The number of carbonyl (C=O) groups is 3. The number of carbonyl (C=O) groups excluding carboxylic acids is 3. The van der Waals surface area contributed by atoms with Crippen LogP contribution >= 0.6 is 0 Å². The van der Waals surface area contributed by atoms with Gasteiger partial charge in [-0.2, -0.15) is 0 Å². The number of hydrogen-bond acceptors (Lipinski definition) is 3. The number of imide groups is 1. The Morgan fingerprint density at radius 2 is 1.96 bits per heavy atom. The third-order valence-electron chi connectivity index (χ3n) is 4.61. The maximum Gasteiger partial charge on any atom is 0.324 e. The predicted molar refractivity (Wildman–Crippen MR) is 93.9 cm³/mol. The van der Waals surface area contributed by atoms with Crippen LogP contribution in [0.5, 0.6) is 0 Å². The molecule has 0 bridgehead atoms. The highest BCUT2D eigenvalue weighted by Crippen LogP contribution is 2.19. The maximum atomic E-state index is 12.2. The summed E-state index contributed by atoms with van der Waals surface area (Å²) < 4.78 is 0. The third kappa shape index (κ3) is 4.47. The number of nitrogens with one attached hydrogen (secondary N) is 2. The van der Waals surface area contributed by atoms with Crippen molar-refractivity contribution >= 4 is 17.8 Å². The lowest BCUT2D eigenvalue weighted by Crippen LogP contribution is -2.30. The lowest BCUT2D eigenvalue weighted by Gasteiger charge is -2.14. The maximum absolute atomic E-state index is 12.2. The van der Waals surface area contributed by atoms with Crippen molar-refractivity contribution in [2.75, 3.05) is 13.1 Å². The van der Waals surface area contributed by atoms with Crippen LogP contribution in [-0.4, -0.2) is 35.8 Å². The highest BCUT2D eigenvalue weighted by Gasteiger charge is 2.28. The predicted octanol–water partition coefficient (Wildman–Crippen LogP) is 2.36. The monoisotopic (exact) mass is 341 g/mol. The fraction of sp³-hybridized carbons (Fsp3) is 0.421. The molecular weight excluding hydrogens is 318 g/mol. The Labute approximate surface area is 147 Å². The van der Waals surface area contributed by atoms with Gasteiger partial charge in [-0.3, -0.25) is 14.5 Å². The lowest BCUT2D eigenvalue weighted by atomic mass is 9.97. The van der Waals surface area contributed by atoms with Gasteiger partial charge in [-0.25, -0.2) is 4.79 Å². The van der Waals surface area contributed by atoms with E-state index in [0.717, 1.165) is 24.8 Å². The van der Waals surface area contributed by atoms with E-state index < -0.39 is 0 Å². The summed E-state index contributed by atoms with van der Waals surface area (Å²) in [5.74, 6) is -0.332. The zero-order valence-corrected chi connectivity index (χ0v) is 14.2. The summed E-state index contributed by atoms with van der Waals surface area (Å²) in [7, 11) is 0. The molecule has 0 radical (unpaired) electrons. The molecule has 1 saturated heterocycles. The molecule has 1 heterocycles. The van der Waals surface area contributed by atoms with Crippen LogP contribution in [0.4, 0.5) is 4.79 Å². The zero-order chi connectivity index (χ0) is 17.6. The standard InChI is InChI=1S/C19H23N3O3/c23-17-12-21-19(25)22(17)13-15-6-8-16(9-7-15)18(24)20-11-10-14-4-2-1-3-5-14/h4,6-9H,1-3,5,10-13H2,(H,20,24)(H,21,25). The smallest absolute Gasteiger partial charge is 0.324 e. The van der Waals surface area contributed by atoms with Gasteiger partial charge in [0.15, 0.2) is 0 Å². The number of nitrogens with zero attached hydrogens (tertiary/aromatic N) is 1. The van der Waals surface area contributed by atoms with Gasteiger partial charge in [-0.15, -0.1) is 0 Å². The fourth-order valence-corrected chi connectivity index (χ4v) is 3.13. The zero-order valence-electron chi connectivity index (χ0n) is 14.2. The van der Waals surface area contributed by atoms with E-state index in [4.69, 9.17) is 0 Å². The summed E-state index contributed by atoms with van der Waals surface area (Å²) >= 11 is 0. The quantitative estimate of drug-likeness (QED) is 0.616. The normalized spacial score (nSPS) is 17.3. The van der Waals surface area contributed by atoms with E-state index in [2.05, 4.69) is 16.7 Å². The Hall–Kier alpha value is -2.63. The molecule has 1 aromatic rings. The van der Waals surface area contributed by atoms with Gasteiger partial charge in [0.05, 0.1) is 13.1 Å². The minimum absolute atomic E-state index is 0.0513. The van der Waals surface area contributed by atoms with Crippen LogP contribution in [-0.2, 0) is 11.3 Å². The van der Waals surface area contributed by atoms with Gasteiger partial charge >= 0.3 is 6.03 Å². The average molecular weight is 341 g/mol. The van der Waals surface area contributed by atoms with Gasteiger partial charge in [0.1, 0.15) is 0 Å². The molecule has 132 valence electrons. The SMILES string of the molecule is O=C(NCCC1=CCCCC1)c1ccc(CN2C(=O)CNC2=O)cc1. The topological polar surface area (TPSA) is 78.5 Å². The molecule has 3 rings (SSSR count). The molecule has 2 aliphatic rings. The first-order valence-electron chi connectivity index (χ1n) is 8.77. The van der Waals surface area contributed by atoms with Crippen molar-refractivity contribution in [3.05, 3.63) is 47.0 Å². The van der Waals surface area contributed by atoms with Crippen LogP contribution in [0.2, 0.25) is 0 Å². The van der Waals surface area contributed by atoms with E-state index in [9.17, 15) is 14.4 Å². The molecule has 0 aromatic heterocycles. The Bertz CT molecular complexity index is 678. The van der Waals surface area contributed by atoms with Crippen LogP contribution in [0.25, 0.3) is 0 Å². The van der Waals surface area contributed by atoms with Crippen LogP contribution in [0, 0.1) is 0 Å².